The monoisotopic (exact) mass is 255 g/mol. The number of carbonyl (C=O) groups is 2. The summed E-state index contributed by atoms with van der Waals surface area (Å²) < 4.78 is 23.4. The van der Waals surface area contributed by atoms with Gasteiger partial charge in [0.25, 0.3) is 7.82 Å². The van der Waals surface area contributed by atoms with E-state index in [-0.39, 0.29) is 6.61 Å². The third kappa shape index (κ3) is 9.60. The lowest BCUT2D eigenvalue weighted by Crippen LogP contribution is -2.28. The number of esters is 2. The second-order valence-electron chi connectivity index (χ2n) is 2.80. The van der Waals surface area contributed by atoms with Crippen molar-refractivity contribution in [1.29, 1.82) is 0 Å². The molecule has 0 aliphatic rings. The van der Waals surface area contributed by atoms with E-state index in [9.17, 15) is 19.0 Å². The first-order chi connectivity index (χ1) is 7.20. The normalized spacial score (nSPS) is 16.0. The van der Waals surface area contributed by atoms with E-state index < -0.39 is 32.5 Å². The van der Waals surface area contributed by atoms with Gasteiger partial charge in [-0.3, -0.25) is 14.2 Å². The predicted molar refractivity (Wildman–Crippen MR) is 48.0 cm³/mol. The van der Waals surface area contributed by atoms with Crippen molar-refractivity contribution in [1.82, 2.24) is 0 Å². The van der Waals surface area contributed by atoms with Crippen molar-refractivity contribution in [3.05, 3.63) is 0 Å². The van der Waals surface area contributed by atoms with Gasteiger partial charge in [0.1, 0.15) is 6.61 Å². The first kappa shape index (κ1) is 15.0. The summed E-state index contributed by atoms with van der Waals surface area (Å²) in [5.74, 6) is -1.31. The van der Waals surface area contributed by atoms with Gasteiger partial charge in [0.05, 0.1) is 6.61 Å². The van der Waals surface area contributed by atoms with Crippen molar-refractivity contribution < 1.29 is 37.9 Å². The Hall–Kier alpha value is -0.950. The van der Waals surface area contributed by atoms with Crippen LogP contribution in [0, 0.1) is 0 Å². The number of carbonyl (C=O) groups excluding carboxylic acids is 2. The molecule has 0 rings (SSSR count). The number of phosphoric acid groups is 1. The molecule has 2 atom stereocenters. The summed E-state index contributed by atoms with van der Waals surface area (Å²) in [5, 5.41) is 0. The minimum atomic E-state index is -4.89. The Kier molecular flexibility index (Phi) is 6.20. The molecule has 0 fully saturated rings. The highest BCUT2D eigenvalue weighted by Gasteiger charge is 2.16. The molecular formula is C7H12O8P-. The van der Waals surface area contributed by atoms with E-state index in [4.69, 9.17) is 4.89 Å². The van der Waals surface area contributed by atoms with Crippen molar-refractivity contribution in [2.24, 2.45) is 0 Å². The minimum absolute atomic E-state index is 0.352. The molecule has 0 aliphatic heterocycles. The Bertz CT molecular complexity index is 295. The van der Waals surface area contributed by atoms with E-state index in [1.165, 1.54) is 0 Å². The predicted octanol–water partition coefficient (Wildman–Crippen LogP) is -1.04. The van der Waals surface area contributed by atoms with Crippen LogP contribution in [0.3, 0.4) is 0 Å². The molecule has 0 saturated heterocycles. The fourth-order valence-electron chi connectivity index (χ4n) is 0.738. The van der Waals surface area contributed by atoms with Gasteiger partial charge in [0.2, 0.25) is 0 Å². The average Bonchev–Trinajstić information content (AvgIpc) is 2.07. The van der Waals surface area contributed by atoms with E-state index in [0.717, 1.165) is 13.8 Å². The van der Waals surface area contributed by atoms with Gasteiger partial charge in [0, 0.05) is 13.8 Å². The lowest BCUT2D eigenvalue weighted by molar-refractivity contribution is -0.222. The molecule has 0 heterocycles. The van der Waals surface area contributed by atoms with Crippen LogP contribution in [0.2, 0.25) is 0 Å². The molecule has 9 heteroatoms. The smallest absolute Gasteiger partial charge is 0.303 e. The number of hydrogen-bond donors (Lipinski definition) is 1. The second kappa shape index (κ2) is 6.59. The molecule has 0 aliphatic carbocycles. The first-order valence-corrected chi connectivity index (χ1v) is 5.69. The molecule has 94 valence electrons. The standard InChI is InChI=1S/C7H13O8P/c1-5(8)13-3-7(15-6(2)9)4-14-16(10,11)12/h7H,3-4H2,1-2H3,(H2,10,11,12)/p-1/t7-/m1/s1. The third-order valence-electron chi connectivity index (χ3n) is 1.23. The van der Waals surface area contributed by atoms with Crippen molar-refractivity contribution in [2.45, 2.75) is 20.0 Å². The highest BCUT2D eigenvalue weighted by atomic mass is 31.2. The van der Waals surface area contributed by atoms with Gasteiger partial charge in [-0.05, 0) is 0 Å². The Morgan fingerprint density at radius 2 is 1.88 bits per heavy atom. The van der Waals surface area contributed by atoms with Crippen LogP contribution in [0.25, 0.3) is 0 Å². The average molecular weight is 255 g/mol. The largest absolute Gasteiger partial charge is 0.756 e. The van der Waals surface area contributed by atoms with Crippen molar-refractivity contribution in [2.75, 3.05) is 13.2 Å². The number of hydrogen-bond acceptors (Lipinski definition) is 7. The highest BCUT2D eigenvalue weighted by Crippen LogP contribution is 2.30. The Morgan fingerprint density at radius 1 is 1.31 bits per heavy atom. The molecule has 16 heavy (non-hydrogen) atoms. The molecule has 0 spiro atoms. The summed E-state index contributed by atoms with van der Waals surface area (Å²) in [5.41, 5.74) is 0. The van der Waals surface area contributed by atoms with E-state index in [1.54, 1.807) is 0 Å². The fourth-order valence-corrected chi connectivity index (χ4v) is 1.09. The maximum Gasteiger partial charge on any atom is 0.303 e. The molecule has 1 unspecified atom stereocenters. The highest BCUT2D eigenvalue weighted by molar-refractivity contribution is 7.44. The Morgan fingerprint density at radius 3 is 2.25 bits per heavy atom. The maximum absolute atomic E-state index is 10.6. The maximum atomic E-state index is 10.6. The molecule has 0 aromatic rings. The zero-order valence-corrected chi connectivity index (χ0v) is 9.64. The summed E-state index contributed by atoms with van der Waals surface area (Å²) >= 11 is 0. The summed E-state index contributed by atoms with van der Waals surface area (Å²) in [6.45, 7) is 1.26. The lowest BCUT2D eigenvalue weighted by atomic mass is 10.4. The van der Waals surface area contributed by atoms with Crippen molar-refractivity contribution in [3.8, 4) is 0 Å². The summed E-state index contributed by atoms with van der Waals surface area (Å²) in [6.07, 6.45) is -1.09. The van der Waals surface area contributed by atoms with Crippen LogP contribution in [0.5, 0.6) is 0 Å². The molecule has 0 aromatic carbocycles. The van der Waals surface area contributed by atoms with E-state index >= 15 is 0 Å². The number of ether oxygens (including phenoxy) is 2. The molecule has 8 nitrogen and oxygen atoms in total. The first-order valence-electron chi connectivity index (χ1n) is 4.19. The quantitative estimate of drug-likeness (QED) is 0.471. The van der Waals surface area contributed by atoms with Crippen LogP contribution in [-0.2, 0) is 28.2 Å². The van der Waals surface area contributed by atoms with Crippen LogP contribution in [0.4, 0.5) is 0 Å². The SMILES string of the molecule is CC(=O)OC[C@H](COP(=O)([O-])O)OC(C)=O. The summed E-state index contributed by atoms with van der Waals surface area (Å²) in [4.78, 5) is 39.6. The molecule has 0 aromatic heterocycles. The van der Waals surface area contributed by atoms with E-state index in [0.29, 0.717) is 0 Å². The zero-order valence-electron chi connectivity index (χ0n) is 8.74. The van der Waals surface area contributed by atoms with Gasteiger partial charge in [-0.25, -0.2) is 0 Å². The molecule has 1 N–H and O–H groups in total. The van der Waals surface area contributed by atoms with Crippen LogP contribution < -0.4 is 4.89 Å². The Balaban J connectivity index is 4.15. The molecule has 0 amide bonds. The second-order valence-corrected chi connectivity index (χ2v) is 3.99. The fraction of sp³-hybridized carbons (Fsp3) is 0.714. The number of phosphoric ester groups is 1. The molecule has 0 saturated carbocycles. The van der Waals surface area contributed by atoms with Gasteiger partial charge >= 0.3 is 11.9 Å². The molecule has 0 bridgehead atoms. The third-order valence-corrected chi connectivity index (χ3v) is 1.70. The van der Waals surface area contributed by atoms with Crippen LogP contribution in [0.15, 0.2) is 0 Å². The van der Waals surface area contributed by atoms with Gasteiger partial charge in [0.15, 0.2) is 6.10 Å². The number of rotatable bonds is 6. The van der Waals surface area contributed by atoms with Gasteiger partial charge in [-0.2, -0.15) is 0 Å². The van der Waals surface area contributed by atoms with E-state index in [2.05, 4.69) is 14.0 Å². The van der Waals surface area contributed by atoms with Gasteiger partial charge in [-0.15, -0.1) is 0 Å². The zero-order chi connectivity index (χ0) is 12.8. The summed E-state index contributed by atoms with van der Waals surface area (Å²) in [6, 6.07) is 0. The van der Waals surface area contributed by atoms with Gasteiger partial charge in [-0.1, -0.05) is 0 Å². The van der Waals surface area contributed by atoms with Gasteiger partial charge < -0.3 is 23.8 Å². The lowest BCUT2D eigenvalue weighted by Gasteiger charge is -2.20. The van der Waals surface area contributed by atoms with Crippen LogP contribution >= 0.6 is 7.82 Å². The molecular weight excluding hydrogens is 243 g/mol. The van der Waals surface area contributed by atoms with Crippen molar-refractivity contribution >= 4 is 19.8 Å². The Labute approximate surface area is 91.7 Å². The van der Waals surface area contributed by atoms with Crippen molar-refractivity contribution in [3.63, 3.8) is 0 Å². The van der Waals surface area contributed by atoms with Crippen LogP contribution in [0.1, 0.15) is 13.8 Å². The summed E-state index contributed by atoms with van der Waals surface area (Å²) in [7, 11) is -4.89. The molecule has 0 radical (unpaired) electrons. The minimum Gasteiger partial charge on any atom is -0.756 e. The van der Waals surface area contributed by atoms with Crippen LogP contribution in [-0.4, -0.2) is 36.1 Å². The topological polar surface area (TPSA) is 122 Å². The van der Waals surface area contributed by atoms with E-state index in [1.807, 2.05) is 0 Å².